The van der Waals surface area contributed by atoms with E-state index in [1.54, 1.807) is 14.2 Å². The molecule has 0 amide bonds. The summed E-state index contributed by atoms with van der Waals surface area (Å²) in [5.41, 5.74) is 1.08. The van der Waals surface area contributed by atoms with E-state index in [9.17, 15) is 0 Å². The van der Waals surface area contributed by atoms with Crippen molar-refractivity contribution in [3.05, 3.63) is 23.8 Å². The topological polar surface area (TPSA) is 50.7 Å². The summed E-state index contributed by atoms with van der Waals surface area (Å²) in [6.45, 7) is 2.88. The number of benzene rings is 1. The summed E-state index contributed by atoms with van der Waals surface area (Å²) in [5, 5.41) is 12.4. The molecule has 2 N–H and O–H groups in total. The van der Waals surface area contributed by atoms with E-state index < -0.39 is 0 Å². The van der Waals surface area contributed by atoms with Gasteiger partial charge in [-0.2, -0.15) is 0 Å². The number of nitrogens with one attached hydrogen (secondary N) is 1. The van der Waals surface area contributed by atoms with Crippen molar-refractivity contribution in [1.29, 1.82) is 0 Å². The maximum absolute atomic E-state index is 9.09. The lowest BCUT2D eigenvalue weighted by molar-refractivity contribution is 0.238. The van der Waals surface area contributed by atoms with Gasteiger partial charge in [-0.25, -0.2) is 0 Å². The molecule has 0 saturated carbocycles. The van der Waals surface area contributed by atoms with Gasteiger partial charge in [-0.15, -0.1) is 0 Å². The van der Waals surface area contributed by atoms with Gasteiger partial charge in [0.1, 0.15) is 11.5 Å². The van der Waals surface area contributed by atoms with Gasteiger partial charge in [0.2, 0.25) is 0 Å². The maximum atomic E-state index is 9.09. The van der Waals surface area contributed by atoms with E-state index in [0.29, 0.717) is 6.54 Å². The Morgan fingerprint density at radius 1 is 1.18 bits per heavy atom. The van der Waals surface area contributed by atoms with Crippen LogP contribution in [0.4, 0.5) is 0 Å². The van der Waals surface area contributed by atoms with E-state index in [4.69, 9.17) is 14.6 Å². The average molecular weight is 239 g/mol. The molecular weight excluding hydrogens is 218 g/mol. The minimum atomic E-state index is 0.132. The first-order valence-electron chi connectivity index (χ1n) is 5.79. The molecule has 1 aromatic carbocycles. The van der Waals surface area contributed by atoms with Crippen molar-refractivity contribution < 1.29 is 14.6 Å². The Labute approximate surface area is 103 Å². The first-order chi connectivity index (χ1) is 8.23. The van der Waals surface area contributed by atoms with Gasteiger partial charge >= 0.3 is 0 Å². The molecule has 0 fully saturated rings. The Morgan fingerprint density at radius 3 is 2.18 bits per heavy atom. The second-order valence-corrected chi connectivity index (χ2v) is 3.89. The predicted molar refractivity (Wildman–Crippen MR) is 67.6 cm³/mol. The molecule has 0 radical (unpaired) electrons. The lowest BCUT2D eigenvalue weighted by Gasteiger charge is -2.15. The second-order valence-electron chi connectivity index (χ2n) is 3.89. The lowest BCUT2D eigenvalue weighted by Crippen LogP contribution is -2.31. The van der Waals surface area contributed by atoms with Crippen LogP contribution >= 0.6 is 0 Å². The van der Waals surface area contributed by atoms with Gasteiger partial charge < -0.3 is 19.9 Å². The van der Waals surface area contributed by atoms with Gasteiger partial charge in [-0.05, 0) is 24.1 Å². The van der Waals surface area contributed by atoms with Crippen molar-refractivity contribution in [2.75, 3.05) is 20.8 Å². The average Bonchev–Trinajstić information content (AvgIpc) is 2.39. The first-order valence-corrected chi connectivity index (χ1v) is 5.79. The predicted octanol–water partition coefficient (Wildman–Crippen LogP) is 1.56. The fourth-order valence-electron chi connectivity index (χ4n) is 1.57. The number of aliphatic hydroxyl groups excluding tert-OH is 1. The quantitative estimate of drug-likeness (QED) is 0.758. The largest absolute Gasteiger partial charge is 0.497 e. The van der Waals surface area contributed by atoms with Crippen LogP contribution in [-0.2, 0) is 6.54 Å². The van der Waals surface area contributed by atoms with Crippen molar-refractivity contribution in [3.63, 3.8) is 0 Å². The first kappa shape index (κ1) is 13.8. The highest BCUT2D eigenvalue weighted by Crippen LogP contribution is 2.22. The van der Waals surface area contributed by atoms with Crippen LogP contribution in [0.25, 0.3) is 0 Å². The Hall–Kier alpha value is -1.26. The van der Waals surface area contributed by atoms with Crippen molar-refractivity contribution in [2.45, 2.75) is 25.9 Å². The highest BCUT2D eigenvalue weighted by atomic mass is 16.5. The molecule has 1 atom stereocenters. The van der Waals surface area contributed by atoms with Crippen molar-refractivity contribution in [1.82, 2.24) is 5.32 Å². The summed E-state index contributed by atoms with van der Waals surface area (Å²) in [4.78, 5) is 0. The van der Waals surface area contributed by atoms with Crippen LogP contribution < -0.4 is 14.8 Å². The van der Waals surface area contributed by atoms with Crippen LogP contribution in [0.3, 0.4) is 0 Å². The van der Waals surface area contributed by atoms with Crippen LogP contribution in [0.2, 0.25) is 0 Å². The van der Waals surface area contributed by atoms with E-state index in [2.05, 4.69) is 5.32 Å². The summed E-state index contributed by atoms with van der Waals surface area (Å²) in [5.74, 6) is 1.55. The third kappa shape index (κ3) is 4.24. The van der Waals surface area contributed by atoms with Crippen molar-refractivity contribution in [3.8, 4) is 11.5 Å². The molecule has 4 nitrogen and oxygen atoms in total. The van der Waals surface area contributed by atoms with Crippen LogP contribution in [0.1, 0.15) is 18.9 Å². The summed E-state index contributed by atoms with van der Waals surface area (Å²) in [6.07, 6.45) is 0.900. The minimum absolute atomic E-state index is 0.132. The van der Waals surface area contributed by atoms with E-state index in [0.717, 1.165) is 23.5 Å². The zero-order valence-corrected chi connectivity index (χ0v) is 10.7. The molecule has 17 heavy (non-hydrogen) atoms. The van der Waals surface area contributed by atoms with Crippen molar-refractivity contribution in [2.24, 2.45) is 0 Å². The zero-order valence-electron chi connectivity index (χ0n) is 10.7. The Kier molecular flexibility index (Phi) is 5.80. The second kappa shape index (κ2) is 7.14. The highest BCUT2D eigenvalue weighted by Gasteiger charge is 2.05. The molecule has 0 aliphatic carbocycles. The fourth-order valence-corrected chi connectivity index (χ4v) is 1.57. The standard InChI is InChI=1S/C13H21NO3/c1-4-11(9-15)14-8-10-5-12(16-2)7-13(6-10)17-3/h5-7,11,14-15H,4,8-9H2,1-3H3/t11-/m1/s1. The Morgan fingerprint density at radius 2 is 1.76 bits per heavy atom. The number of aliphatic hydroxyl groups is 1. The smallest absolute Gasteiger partial charge is 0.122 e. The normalized spacial score (nSPS) is 12.2. The molecule has 0 unspecified atom stereocenters. The molecule has 0 heterocycles. The van der Waals surface area contributed by atoms with Gasteiger partial charge in [-0.1, -0.05) is 6.92 Å². The molecule has 0 spiro atoms. The van der Waals surface area contributed by atoms with Crippen LogP contribution in [0, 0.1) is 0 Å². The molecule has 1 rings (SSSR count). The molecule has 0 saturated heterocycles. The van der Waals surface area contributed by atoms with Crippen LogP contribution in [-0.4, -0.2) is 32.0 Å². The van der Waals surface area contributed by atoms with Crippen molar-refractivity contribution >= 4 is 0 Å². The SMILES string of the molecule is CC[C@H](CO)NCc1cc(OC)cc(OC)c1. The highest BCUT2D eigenvalue weighted by molar-refractivity contribution is 5.38. The number of hydrogen-bond donors (Lipinski definition) is 2. The molecular formula is C13H21NO3. The van der Waals surface area contributed by atoms with Gasteiger partial charge in [0.25, 0.3) is 0 Å². The lowest BCUT2D eigenvalue weighted by atomic mass is 10.1. The Bertz CT molecular complexity index is 315. The summed E-state index contributed by atoms with van der Waals surface area (Å²) >= 11 is 0. The molecule has 4 heteroatoms. The van der Waals surface area contributed by atoms with E-state index >= 15 is 0 Å². The maximum Gasteiger partial charge on any atom is 0.122 e. The summed E-state index contributed by atoms with van der Waals surface area (Å²) < 4.78 is 10.4. The number of ether oxygens (including phenoxy) is 2. The molecule has 1 aromatic rings. The third-order valence-electron chi connectivity index (χ3n) is 2.72. The van der Waals surface area contributed by atoms with E-state index in [1.165, 1.54) is 0 Å². The van der Waals surface area contributed by atoms with E-state index in [-0.39, 0.29) is 12.6 Å². The fraction of sp³-hybridized carbons (Fsp3) is 0.538. The molecule has 96 valence electrons. The number of rotatable bonds is 7. The van der Waals surface area contributed by atoms with Crippen LogP contribution in [0.5, 0.6) is 11.5 Å². The monoisotopic (exact) mass is 239 g/mol. The summed E-state index contributed by atoms with van der Waals surface area (Å²) in [7, 11) is 3.27. The number of methoxy groups -OCH3 is 2. The van der Waals surface area contributed by atoms with Gasteiger partial charge in [-0.3, -0.25) is 0 Å². The minimum Gasteiger partial charge on any atom is -0.497 e. The molecule has 0 aliphatic heterocycles. The van der Waals surface area contributed by atoms with E-state index in [1.807, 2.05) is 25.1 Å². The van der Waals surface area contributed by atoms with Crippen LogP contribution in [0.15, 0.2) is 18.2 Å². The Balaban J connectivity index is 2.69. The molecule has 0 bridgehead atoms. The van der Waals surface area contributed by atoms with Gasteiger partial charge in [0.05, 0.1) is 20.8 Å². The summed E-state index contributed by atoms with van der Waals surface area (Å²) in [6, 6.07) is 5.89. The van der Waals surface area contributed by atoms with Gasteiger partial charge in [0.15, 0.2) is 0 Å². The number of hydrogen-bond acceptors (Lipinski definition) is 4. The molecule has 0 aliphatic rings. The zero-order chi connectivity index (χ0) is 12.7. The van der Waals surface area contributed by atoms with Gasteiger partial charge in [0, 0.05) is 18.7 Å². The third-order valence-corrected chi connectivity index (χ3v) is 2.72. The molecule has 0 aromatic heterocycles.